The third-order valence-electron chi connectivity index (χ3n) is 12.2. The van der Waals surface area contributed by atoms with E-state index in [-0.39, 0.29) is 30.9 Å². The van der Waals surface area contributed by atoms with E-state index in [0.717, 1.165) is 10.9 Å². The number of aromatic hydroxyl groups is 1. The van der Waals surface area contributed by atoms with Crippen molar-refractivity contribution in [2.45, 2.75) is 109 Å². The summed E-state index contributed by atoms with van der Waals surface area (Å²) in [6.45, 7) is 8.30. The average Bonchev–Trinajstić information content (AvgIpc) is 3.75. The molecule has 4 aromatic carbocycles. The summed E-state index contributed by atoms with van der Waals surface area (Å²) in [7, 11) is 0. The number of H-pyrrole nitrogens is 1. The standard InChI is InChI=1S/C53H63N7O11/c1-6-31(4)46(51(68)59-43(53(70)71)27-36-29-54-39-20-14-13-19-38(36)39)60-50(67)41(26-33-21-23-37(62)24-22-33)56-49(66)42(28-44(63)64)57-48(65)40(25-30(2)3)58-52(69)47(55-32(5)61)45(34-15-9-7-10-16-34)35-17-11-8-12-18-35/h7-24,29-31,40-43,45-47,54,62H,6,25-28H2,1-5H3,(H,55,61)(H,56,66)(H,57,65)(H,58,69)(H,59,68)(H,60,67)(H,63,64)(H,70,71)/t31-,40-,41-,42-,43-,46-,47+/m0/s1. The smallest absolute Gasteiger partial charge is 0.326 e. The second kappa shape index (κ2) is 25.5. The summed E-state index contributed by atoms with van der Waals surface area (Å²) in [6, 6.07) is 22.4. The molecule has 5 rings (SSSR count). The van der Waals surface area contributed by atoms with Crippen LogP contribution in [-0.4, -0.2) is 104 Å². The molecule has 5 aromatic rings. The molecule has 7 atom stereocenters. The highest BCUT2D eigenvalue weighted by atomic mass is 16.4. The lowest BCUT2D eigenvalue weighted by atomic mass is 9.84. The number of para-hydroxylation sites is 1. The number of carboxylic acids is 2. The molecule has 376 valence electrons. The summed E-state index contributed by atoms with van der Waals surface area (Å²) in [5, 5.41) is 46.7. The van der Waals surface area contributed by atoms with Crippen molar-refractivity contribution in [2.24, 2.45) is 11.8 Å². The first-order valence-corrected chi connectivity index (χ1v) is 23.5. The van der Waals surface area contributed by atoms with Gasteiger partial charge in [-0.25, -0.2) is 4.79 Å². The second-order valence-corrected chi connectivity index (χ2v) is 18.1. The van der Waals surface area contributed by atoms with Gasteiger partial charge in [0, 0.05) is 42.8 Å². The van der Waals surface area contributed by atoms with Crippen LogP contribution in [0.5, 0.6) is 5.75 Å². The number of phenolic OH excluding ortho intramolecular Hbond substituents is 1. The Morgan fingerprint density at radius 2 is 1.08 bits per heavy atom. The molecule has 0 saturated heterocycles. The van der Waals surface area contributed by atoms with E-state index in [2.05, 4.69) is 36.9 Å². The van der Waals surface area contributed by atoms with Gasteiger partial charge in [0.1, 0.15) is 42.0 Å². The monoisotopic (exact) mass is 973 g/mol. The summed E-state index contributed by atoms with van der Waals surface area (Å²) in [5.74, 6) is -9.30. The molecule has 0 fully saturated rings. The lowest BCUT2D eigenvalue weighted by Gasteiger charge is -2.31. The molecule has 0 aliphatic rings. The number of hydrogen-bond donors (Lipinski definition) is 10. The van der Waals surface area contributed by atoms with Gasteiger partial charge in [0.25, 0.3) is 0 Å². The highest BCUT2D eigenvalue weighted by molar-refractivity contribution is 5.98. The minimum Gasteiger partial charge on any atom is -0.508 e. The van der Waals surface area contributed by atoms with Gasteiger partial charge in [-0.15, -0.1) is 0 Å². The fourth-order valence-electron chi connectivity index (χ4n) is 8.33. The van der Waals surface area contributed by atoms with Crippen molar-refractivity contribution < 1.29 is 53.7 Å². The minimum absolute atomic E-state index is 0.0303. The van der Waals surface area contributed by atoms with Crippen LogP contribution in [0, 0.1) is 11.8 Å². The van der Waals surface area contributed by atoms with Crippen LogP contribution in [0.25, 0.3) is 10.9 Å². The average molecular weight is 974 g/mol. The number of carbonyl (C=O) groups excluding carboxylic acids is 6. The van der Waals surface area contributed by atoms with Crippen LogP contribution in [0.15, 0.2) is 115 Å². The van der Waals surface area contributed by atoms with Crippen LogP contribution in [0.2, 0.25) is 0 Å². The van der Waals surface area contributed by atoms with Gasteiger partial charge in [-0.2, -0.15) is 0 Å². The fourth-order valence-corrected chi connectivity index (χ4v) is 8.33. The number of phenols is 1. The maximum atomic E-state index is 14.4. The molecular formula is C53H63N7O11. The Morgan fingerprint density at radius 3 is 1.65 bits per heavy atom. The number of amides is 6. The molecule has 10 N–H and O–H groups in total. The van der Waals surface area contributed by atoms with Crippen LogP contribution in [0.1, 0.15) is 82.1 Å². The molecule has 0 bridgehead atoms. The summed E-state index contributed by atoms with van der Waals surface area (Å²) < 4.78 is 0. The zero-order valence-electron chi connectivity index (χ0n) is 40.3. The lowest BCUT2D eigenvalue weighted by molar-refractivity contribution is -0.142. The van der Waals surface area contributed by atoms with E-state index in [9.17, 15) is 53.7 Å². The third kappa shape index (κ3) is 15.5. The van der Waals surface area contributed by atoms with Crippen molar-refractivity contribution in [3.05, 3.63) is 138 Å². The van der Waals surface area contributed by atoms with Crippen molar-refractivity contribution >= 4 is 58.3 Å². The number of aliphatic carboxylic acids is 2. The number of carbonyl (C=O) groups is 8. The summed E-state index contributed by atoms with van der Waals surface area (Å²) in [5.41, 5.74) is 3.26. The van der Waals surface area contributed by atoms with Crippen molar-refractivity contribution in [2.75, 3.05) is 0 Å². The Bertz CT molecular complexity index is 2600. The van der Waals surface area contributed by atoms with Gasteiger partial charge in [0.15, 0.2) is 0 Å². The van der Waals surface area contributed by atoms with Crippen molar-refractivity contribution in [3.8, 4) is 5.75 Å². The van der Waals surface area contributed by atoms with Crippen LogP contribution in [0.3, 0.4) is 0 Å². The molecule has 18 nitrogen and oxygen atoms in total. The van der Waals surface area contributed by atoms with Crippen molar-refractivity contribution in [1.82, 2.24) is 36.9 Å². The second-order valence-electron chi connectivity index (χ2n) is 18.1. The normalized spacial score (nSPS) is 14.2. The first-order valence-electron chi connectivity index (χ1n) is 23.5. The summed E-state index contributed by atoms with van der Waals surface area (Å²) >= 11 is 0. The molecule has 1 heterocycles. The number of aromatic nitrogens is 1. The molecule has 0 aliphatic heterocycles. The van der Waals surface area contributed by atoms with Gasteiger partial charge in [0.2, 0.25) is 35.4 Å². The van der Waals surface area contributed by atoms with Gasteiger partial charge in [0.05, 0.1) is 6.42 Å². The van der Waals surface area contributed by atoms with Gasteiger partial charge >= 0.3 is 11.9 Å². The Labute approximate surface area is 411 Å². The van der Waals surface area contributed by atoms with Crippen LogP contribution in [-0.2, 0) is 51.2 Å². The van der Waals surface area contributed by atoms with Gasteiger partial charge in [-0.3, -0.25) is 33.6 Å². The minimum atomic E-state index is -1.80. The topological polar surface area (TPSA) is 285 Å². The number of fused-ring (bicyclic) bond motifs is 1. The summed E-state index contributed by atoms with van der Waals surface area (Å²) in [4.78, 5) is 112. The fraction of sp³-hybridized carbons (Fsp3) is 0.358. The highest BCUT2D eigenvalue weighted by Crippen LogP contribution is 2.29. The molecule has 0 spiro atoms. The zero-order chi connectivity index (χ0) is 51.8. The summed E-state index contributed by atoms with van der Waals surface area (Å²) in [6.07, 6.45) is 0.787. The quantitative estimate of drug-likeness (QED) is 0.0398. The van der Waals surface area contributed by atoms with E-state index < -0.39 is 102 Å². The molecule has 1 aromatic heterocycles. The third-order valence-corrected chi connectivity index (χ3v) is 12.2. The van der Waals surface area contributed by atoms with E-state index in [4.69, 9.17) is 0 Å². The lowest BCUT2D eigenvalue weighted by Crippen LogP contribution is -2.61. The Morgan fingerprint density at radius 1 is 0.563 bits per heavy atom. The van der Waals surface area contributed by atoms with Crippen LogP contribution >= 0.6 is 0 Å². The van der Waals surface area contributed by atoms with Crippen LogP contribution < -0.4 is 31.9 Å². The largest absolute Gasteiger partial charge is 0.508 e. The van der Waals surface area contributed by atoms with Crippen LogP contribution in [0.4, 0.5) is 0 Å². The van der Waals surface area contributed by atoms with E-state index in [1.165, 1.54) is 31.2 Å². The molecule has 6 amide bonds. The number of carboxylic acid groups (broad SMARTS) is 2. The molecule has 71 heavy (non-hydrogen) atoms. The molecule has 0 saturated carbocycles. The van der Waals surface area contributed by atoms with Crippen molar-refractivity contribution in [1.29, 1.82) is 0 Å². The Hall–Kier alpha value is -8.02. The van der Waals surface area contributed by atoms with E-state index in [0.29, 0.717) is 28.7 Å². The highest BCUT2D eigenvalue weighted by Gasteiger charge is 2.37. The molecule has 0 radical (unpaired) electrons. The molecule has 0 unspecified atom stereocenters. The zero-order valence-corrected chi connectivity index (χ0v) is 40.3. The maximum Gasteiger partial charge on any atom is 0.326 e. The molecule has 18 heteroatoms. The number of nitrogens with one attached hydrogen (secondary N) is 7. The number of rotatable bonds is 25. The van der Waals surface area contributed by atoms with E-state index in [1.54, 1.807) is 64.2 Å². The predicted molar refractivity (Wildman–Crippen MR) is 265 cm³/mol. The SMILES string of the molecule is CC[C@H](C)[C@H](NC(=O)[C@H](Cc1ccc(O)cc1)NC(=O)[C@H](CC(=O)O)NC(=O)[C@H](CC(C)C)NC(=O)[C@H](NC(C)=O)C(c1ccccc1)c1ccccc1)C(=O)N[C@@H](Cc1c[nH]c2ccccc12)C(=O)O. The van der Waals surface area contributed by atoms with Gasteiger partial charge in [-0.1, -0.05) is 125 Å². The number of hydrogen-bond acceptors (Lipinski definition) is 9. The predicted octanol–water partition coefficient (Wildman–Crippen LogP) is 4.07. The first-order chi connectivity index (χ1) is 33.8. The van der Waals surface area contributed by atoms with E-state index in [1.807, 2.05) is 54.6 Å². The molecule has 0 aliphatic carbocycles. The maximum absolute atomic E-state index is 14.4. The van der Waals surface area contributed by atoms with Gasteiger partial charge < -0.3 is 52.2 Å². The molecular weight excluding hydrogens is 911 g/mol. The first kappa shape index (κ1) is 53.9. The van der Waals surface area contributed by atoms with Gasteiger partial charge in [-0.05, 0) is 58.7 Å². The van der Waals surface area contributed by atoms with E-state index >= 15 is 0 Å². The Balaban J connectivity index is 1.40. The number of benzene rings is 4. The number of aromatic amines is 1. The van der Waals surface area contributed by atoms with Crippen molar-refractivity contribution in [3.63, 3.8) is 0 Å². The Kier molecular flexibility index (Phi) is 19.4.